The monoisotopic (exact) mass is 327 g/mol. The van der Waals surface area contributed by atoms with Gasteiger partial charge in [-0.2, -0.15) is 0 Å². The summed E-state index contributed by atoms with van der Waals surface area (Å²) < 4.78 is 5.65. The number of hydrogen-bond acceptors (Lipinski definition) is 3. The molecule has 0 saturated carbocycles. The Bertz CT molecular complexity index is 705. The number of nitrogens with zero attached hydrogens (tertiary/aromatic N) is 1. The highest BCUT2D eigenvalue weighted by atomic mass is 16.5. The van der Waals surface area contributed by atoms with Crippen molar-refractivity contribution in [3.8, 4) is 0 Å². The molecule has 2 N–H and O–H groups in total. The van der Waals surface area contributed by atoms with E-state index in [1.54, 1.807) is 4.90 Å². The molecule has 1 fully saturated rings. The van der Waals surface area contributed by atoms with Crippen molar-refractivity contribution in [1.29, 1.82) is 0 Å². The van der Waals surface area contributed by atoms with Gasteiger partial charge in [0, 0.05) is 13.2 Å². The van der Waals surface area contributed by atoms with E-state index in [1.807, 2.05) is 31.2 Å². The van der Waals surface area contributed by atoms with E-state index in [9.17, 15) is 9.59 Å². The maximum absolute atomic E-state index is 12.9. The maximum atomic E-state index is 12.9. The Hall–Kier alpha value is -2.34. The Balaban J connectivity index is 1.60. The molecule has 24 heavy (non-hydrogen) atoms. The van der Waals surface area contributed by atoms with Crippen LogP contribution in [0.1, 0.15) is 30.0 Å². The molecular weight excluding hydrogens is 306 g/mol. The molecule has 6 nitrogen and oxygen atoms in total. The van der Waals surface area contributed by atoms with Crippen LogP contribution in [0.25, 0.3) is 0 Å². The van der Waals surface area contributed by atoms with Gasteiger partial charge in [0.25, 0.3) is 5.91 Å². The first-order chi connectivity index (χ1) is 11.6. The highest BCUT2D eigenvalue weighted by Gasteiger charge is 2.41. The van der Waals surface area contributed by atoms with Crippen molar-refractivity contribution in [3.63, 3.8) is 0 Å². The number of carbonyl (C=O) groups is 2. The van der Waals surface area contributed by atoms with Crippen molar-refractivity contribution in [1.82, 2.24) is 15.5 Å². The molecule has 0 spiro atoms. The lowest BCUT2D eigenvalue weighted by molar-refractivity contribution is -0.127. The predicted octanol–water partition coefficient (Wildman–Crippen LogP) is 1.62. The summed E-state index contributed by atoms with van der Waals surface area (Å²) >= 11 is 0. The first-order valence-electron chi connectivity index (χ1n) is 8.40. The largest absolute Gasteiger partial charge is 0.376 e. The molecule has 3 aliphatic rings. The predicted molar refractivity (Wildman–Crippen MR) is 88.2 cm³/mol. The number of ether oxygens (including phenoxy) is 1. The molecule has 2 atom stereocenters. The minimum absolute atomic E-state index is 0.0152. The van der Waals surface area contributed by atoms with Crippen molar-refractivity contribution in [2.45, 2.75) is 31.9 Å². The number of nitrogens with one attached hydrogen (secondary N) is 2. The van der Waals surface area contributed by atoms with E-state index >= 15 is 0 Å². The average Bonchev–Trinajstić information content (AvgIpc) is 3.17. The second-order valence-corrected chi connectivity index (χ2v) is 6.66. The average molecular weight is 327 g/mol. The fourth-order valence-corrected chi connectivity index (χ4v) is 3.62. The summed E-state index contributed by atoms with van der Waals surface area (Å²) in [6.07, 6.45) is 2.14. The molecule has 3 amide bonds. The third-order valence-corrected chi connectivity index (χ3v) is 4.88. The van der Waals surface area contributed by atoms with Crippen molar-refractivity contribution in [2.75, 3.05) is 19.7 Å². The molecule has 0 aromatic heterocycles. The lowest BCUT2D eigenvalue weighted by Crippen LogP contribution is -2.44. The fraction of sp³-hybridized carbons (Fsp3) is 0.444. The molecule has 0 aliphatic carbocycles. The van der Waals surface area contributed by atoms with Crippen molar-refractivity contribution in [3.05, 3.63) is 46.7 Å². The zero-order chi connectivity index (χ0) is 16.7. The zero-order valence-corrected chi connectivity index (χ0v) is 13.7. The molecule has 4 rings (SSSR count). The molecule has 0 bridgehead atoms. The molecule has 3 heterocycles. The quantitative estimate of drug-likeness (QED) is 0.886. The molecule has 3 aliphatic heterocycles. The molecule has 1 aromatic carbocycles. The van der Waals surface area contributed by atoms with Gasteiger partial charge in [-0.15, -0.1) is 0 Å². The van der Waals surface area contributed by atoms with Gasteiger partial charge in [-0.1, -0.05) is 29.8 Å². The summed E-state index contributed by atoms with van der Waals surface area (Å²) in [6.45, 7) is 3.82. The number of rotatable bonds is 3. The van der Waals surface area contributed by atoms with E-state index in [2.05, 4.69) is 10.6 Å². The Morgan fingerprint density at radius 1 is 1.25 bits per heavy atom. The van der Waals surface area contributed by atoms with Gasteiger partial charge in [0.1, 0.15) is 0 Å². The van der Waals surface area contributed by atoms with Crippen LogP contribution in [0.2, 0.25) is 0 Å². The number of urea groups is 1. The summed E-state index contributed by atoms with van der Waals surface area (Å²) in [7, 11) is 0. The smallest absolute Gasteiger partial charge is 0.319 e. The molecule has 0 unspecified atom stereocenters. The van der Waals surface area contributed by atoms with E-state index < -0.39 is 6.04 Å². The van der Waals surface area contributed by atoms with Gasteiger partial charge < -0.3 is 20.3 Å². The molecular formula is C18H21N3O3. The van der Waals surface area contributed by atoms with Crippen molar-refractivity contribution >= 4 is 11.9 Å². The fourth-order valence-electron chi connectivity index (χ4n) is 3.62. The Morgan fingerprint density at radius 2 is 2.04 bits per heavy atom. The van der Waals surface area contributed by atoms with Crippen LogP contribution in [0.5, 0.6) is 0 Å². The zero-order valence-electron chi connectivity index (χ0n) is 13.7. The van der Waals surface area contributed by atoms with Crippen LogP contribution in [-0.2, 0) is 9.53 Å². The van der Waals surface area contributed by atoms with E-state index in [4.69, 9.17) is 4.74 Å². The van der Waals surface area contributed by atoms with E-state index in [0.717, 1.165) is 30.6 Å². The van der Waals surface area contributed by atoms with Gasteiger partial charge in [-0.25, -0.2) is 4.79 Å². The van der Waals surface area contributed by atoms with Crippen LogP contribution in [0.4, 0.5) is 4.79 Å². The molecule has 1 saturated heterocycles. The third-order valence-electron chi connectivity index (χ3n) is 4.88. The van der Waals surface area contributed by atoms with Crippen LogP contribution < -0.4 is 10.6 Å². The third kappa shape index (κ3) is 2.67. The SMILES string of the molecule is Cc1ccc([C@H]2NC(=O)NC3=C2C(=O)N(C[C@@H]2CCCO2)C3)cc1. The normalized spacial score (nSPS) is 26.5. The second kappa shape index (κ2) is 5.94. The van der Waals surface area contributed by atoms with Crippen molar-refractivity contribution in [2.24, 2.45) is 0 Å². The Morgan fingerprint density at radius 3 is 2.75 bits per heavy atom. The van der Waals surface area contributed by atoms with E-state index in [-0.39, 0.29) is 18.0 Å². The highest BCUT2D eigenvalue weighted by Crippen LogP contribution is 2.33. The second-order valence-electron chi connectivity index (χ2n) is 6.66. The van der Waals surface area contributed by atoms with Crippen molar-refractivity contribution < 1.29 is 14.3 Å². The topological polar surface area (TPSA) is 70.7 Å². The standard InChI is InChI=1S/C18H21N3O3/c1-11-4-6-12(7-5-11)16-15-14(19-18(23)20-16)10-21(17(15)22)9-13-3-2-8-24-13/h4-7,13,16H,2-3,8-10H2,1H3,(H2,19,20,23)/t13-,16+/m0/s1. The minimum atomic E-state index is -0.392. The summed E-state index contributed by atoms with van der Waals surface area (Å²) in [5, 5.41) is 5.68. The molecule has 1 aromatic rings. The highest BCUT2D eigenvalue weighted by molar-refractivity contribution is 6.01. The maximum Gasteiger partial charge on any atom is 0.319 e. The molecule has 0 radical (unpaired) electrons. The molecule has 126 valence electrons. The number of benzene rings is 1. The van der Waals surface area contributed by atoms with Gasteiger partial charge in [-0.3, -0.25) is 4.79 Å². The summed E-state index contributed by atoms with van der Waals surface area (Å²) in [4.78, 5) is 26.7. The number of hydrogen-bond donors (Lipinski definition) is 2. The van der Waals surface area contributed by atoms with Crippen LogP contribution in [-0.4, -0.2) is 42.6 Å². The lowest BCUT2D eigenvalue weighted by Gasteiger charge is -2.25. The first kappa shape index (κ1) is 15.2. The van der Waals surface area contributed by atoms with Gasteiger partial charge in [0.15, 0.2) is 0 Å². The summed E-state index contributed by atoms with van der Waals surface area (Å²) in [6, 6.07) is 7.27. The van der Waals surface area contributed by atoms with E-state index in [0.29, 0.717) is 24.4 Å². The summed E-state index contributed by atoms with van der Waals surface area (Å²) in [5.41, 5.74) is 3.44. The van der Waals surface area contributed by atoms with Crippen LogP contribution in [0.3, 0.4) is 0 Å². The Labute approximate surface area is 140 Å². The number of amides is 3. The summed E-state index contributed by atoms with van der Waals surface area (Å²) in [5.74, 6) is -0.0152. The minimum Gasteiger partial charge on any atom is -0.376 e. The van der Waals surface area contributed by atoms with Gasteiger partial charge >= 0.3 is 6.03 Å². The number of aryl methyl sites for hydroxylation is 1. The van der Waals surface area contributed by atoms with Crippen LogP contribution in [0.15, 0.2) is 35.5 Å². The van der Waals surface area contributed by atoms with Gasteiger partial charge in [0.05, 0.1) is 30.0 Å². The molecule has 6 heteroatoms. The van der Waals surface area contributed by atoms with E-state index in [1.165, 1.54) is 0 Å². The lowest BCUT2D eigenvalue weighted by atomic mass is 9.95. The van der Waals surface area contributed by atoms with Gasteiger partial charge in [-0.05, 0) is 25.3 Å². The Kier molecular flexibility index (Phi) is 3.76. The van der Waals surface area contributed by atoms with Gasteiger partial charge in [0.2, 0.25) is 0 Å². The van der Waals surface area contributed by atoms with Crippen LogP contribution in [0, 0.1) is 6.92 Å². The first-order valence-corrected chi connectivity index (χ1v) is 8.40. The number of carbonyl (C=O) groups excluding carboxylic acids is 2. The van der Waals surface area contributed by atoms with Crippen LogP contribution >= 0.6 is 0 Å².